The quantitative estimate of drug-likeness (QED) is 0.113. The number of aromatic nitrogens is 6. The van der Waals surface area contributed by atoms with Crippen LogP contribution < -0.4 is 0 Å². The van der Waals surface area contributed by atoms with Crippen LogP contribution in [-0.2, 0) is 35.5 Å². The van der Waals surface area contributed by atoms with E-state index >= 15 is 0 Å². The first-order valence-corrected chi connectivity index (χ1v) is 41.1. The maximum absolute atomic E-state index is 6.57. The molecule has 0 radical (unpaired) electrons. The Bertz CT molecular complexity index is 5810. The van der Waals surface area contributed by atoms with Gasteiger partial charge in [0.15, 0.2) is 0 Å². The van der Waals surface area contributed by atoms with Crippen molar-refractivity contribution in [2.45, 2.75) is 72.5 Å². The molecule has 1 spiro atoms. The van der Waals surface area contributed by atoms with Gasteiger partial charge in [0.2, 0.25) is 0 Å². The van der Waals surface area contributed by atoms with Gasteiger partial charge in [0.05, 0.1) is 91.3 Å². The molecular formula is C91H65ClN6S6. The van der Waals surface area contributed by atoms with E-state index < -0.39 is 0 Å². The van der Waals surface area contributed by atoms with Crippen LogP contribution in [0.25, 0.3) is 94.7 Å². The van der Waals surface area contributed by atoms with Crippen molar-refractivity contribution in [3.05, 3.63) is 355 Å². The van der Waals surface area contributed by atoms with E-state index in [4.69, 9.17) is 41.5 Å². The van der Waals surface area contributed by atoms with Crippen LogP contribution in [-0.4, -0.2) is 35.8 Å². The fraction of sp³-hybridized carbons (Fsp3) is 0.143. The van der Waals surface area contributed by atoms with Crippen LogP contribution in [0.5, 0.6) is 0 Å². The molecule has 502 valence electrons. The highest BCUT2D eigenvalue weighted by atomic mass is 35.5. The fourth-order valence-corrected chi connectivity index (χ4v) is 25.2. The highest BCUT2D eigenvalue weighted by Gasteiger charge is 2.60. The third-order valence-corrected chi connectivity index (χ3v) is 29.1. The molecule has 1 fully saturated rings. The van der Waals surface area contributed by atoms with Gasteiger partial charge in [0.1, 0.15) is 0 Å². The molecule has 4 aliphatic carbocycles. The minimum absolute atomic E-state index is 0.129. The molecule has 0 bridgehead atoms. The van der Waals surface area contributed by atoms with Crippen molar-refractivity contribution in [3.8, 4) is 33.4 Å². The number of benzene rings is 12. The number of rotatable bonds is 12. The molecule has 13 heteroatoms. The first-order valence-electron chi connectivity index (χ1n) is 35.7. The molecule has 3 unspecified atom stereocenters. The van der Waals surface area contributed by atoms with Crippen LogP contribution in [0, 0.1) is 0 Å². The molecule has 4 aliphatic rings. The standard InChI is InChI=1S/C31H23ClN2S2.C31H22N2S2.C29H20N2S2/c32-18-17-24(30-34-26-14-6-8-16-28(26)36-30)31(19-29-33-25-13-5-7-15-27(25)35-29)22-11-3-1-9-20(22)21-10-2-4-12-23(21)31;1-3-11-21-19(9-1)20-10-2-4-12-22(20)31(21)23(29-32-25-13-5-7-15-27(25)34-29)17-18-24(31)30-33-26-14-6-8-16-28(26)35-30;1-3-11-21-19(9-1)20-10-2-4-12-22(20)29(21,17-27-30-23-13-5-7-15-25(23)32-27)18-28-31-24-14-6-8-16-26(24)33-28/h1-16,24H,17-19H2;1-16,23-24H,17-18H2;1-16H,17-18H2. The van der Waals surface area contributed by atoms with Crippen molar-refractivity contribution in [2.24, 2.45) is 0 Å². The van der Waals surface area contributed by atoms with Gasteiger partial charge in [0.25, 0.3) is 0 Å². The Morgan fingerprint density at radius 2 is 0.587 bits per heavy atom. The molecule has 6 aromatic heterocycles. The summed E-state index contributed by atoms with van der Waals surface area (Å²) < 4.78 is 7.52. The summed E-state index contributed by atoms with van der Waals surface area (Å²) in [6, 6.07) is 105. The van der Waals surface area contributed by atoms with Gasteiger partial charge in [-0.05, 0) is 159 Å². The van der Waals surface area contributed by atoms with Crippen LogP contribution in [0.4, 0.5) is 0 Å². The van der Waals surface area contributed by atoms with Gasteiger partial charge in [-0.2, -0.15) is 0 Å². The smallest absolute Gasteiger partial charge is 0.0982 e. The Labute approximate surface area is 631 Å². The summed E-state index contributed by atoms with van der Waals surface area (Å²) in [7, 11) is 0. The van der Waals surface area contributed by atoms with Crippen molar-refractivity contribution in [1.29, 1.82) is 0 Å². The fourth-order valence-electron chi connectivity index (χ4n) is 18.2. The lowest BCUT2D eigenvalue weighted by atomic mass is 9.65. The molecule has 6 heterocycles. The predicted molar refractivity (Wildman–Crippen MR) is 440 cm³/mol. The maximum Gasteiger partial charge on any atom is 0.0982 e. The Kier molecular flexibility index (Phi) is 16.1. The molecule has 0 saturated heterocycles. The summed E-state index contributed by atoms with van der Waals surface area (Å²) in [5.41, 5.74) is 22.4. The van der Waals surface area contributed by atoms with Gasteiger partial charge in [-0.1, -0.05) is 218 Å². The summed E-state index contributed by atoms with van der Waals surface area (Å²) in [5.74, 6) is 1.35. The van der Waals surface area contributed by atoms with E-state index in [1.54, 1.807) is 11.3 Å². The first-order chi connectivity index (χ1) is 51.4. The normalized spacial score (nSPS) is 16.2. The molecule has 104 heavy (non-hydrogen) atoms. The number of thiazole rings is 6. The first kappa shape index (κ1) is 63.9. The van der Waals surface area contributed by atoms with Gasteiger partial charge in [0, 0.05) is 59.1 Å². The second-order valence-electron chi connectivity index (χ2n) is 27.7. The minimum Gasteiger partial charge on any atom is -0.241 e. The molecule has 0 amide bonds. The average molecular weight is 1470 g/mol. The van der Waals surface area contributed by atoms with E-state index in [0.29, 0.717) is 17.7 Å². The molecule has 1 saturated carbocycles. The molecule has 0 aliphatic heterocycles. The summed E-state index contributed by atoms with van der Waals surface area (Å²) in [6.07, 6.45) is 5.63. The Hall–Kier alpha value is -9.73. The predicted octanol–water partition coefficient (Wildman–Crippen LogP) is 25.0. The van der Waals surface area contributed by atoms with Gasteiger partial charge in [-0.25, -0.2) is 29.9 Å². The van der Waals surface area contributed by atoms with Crippen molar-refractivity contribution < 1.29 is 0 Å². The monoisotopic (exact) mass is 1470 g/mol. The average Bonchev–Trinajstić information content (AvgIpc) is 1.54. The highest BCUT2D eigenvalue weighted by molar-refractivity contribution is 7.20. The number of fused-ring (bicyclic) bond motifs is 17. The number of para-hydroxylation sites is 6. The molecule has 22 rings (SSSR count). The number of halogens is 1. The van der Waals surface area contributed by atoms with Gasteiger partial charge in [-0.15, -0.1) is 79.6 Å². The Morgan fingerprint density at radius 3 is 0.952 bits per heavy atom. The molecule has 18 aromatic rings. The van der Waals surface area contributed by atoms with E-state index in [1.807, 2.05) is 56.7 Å². The zero-order valence-corrected chi connectivity index (χ0v) is 62.1. The van der Waals surface area contributed by atoms with E-state index in [2.05, 4.69) is 291 Å². The molecular weight excluding hydrogens is 1400 g/mol. The van der Waals surface area contributed by atoms with Crippen LogP contribution in [0.1, 0.15) is 100 Å². The molecule has 6 nitrogen and oxygen atoms in total. The number of hydrogen-bond donors (Lipinski definition) is 0. The third-order valence-electron chi connectivity index (χ3n) is 22.3. The lowest BCUT2D eigenvalue weighted by Crippen LogP contribution is -2.36. The third kappa shape index (κ3) is 10.4. The minimum atomic E-state index is -0.302. The zero-order chi connectivity index (χ0) is 68.9. The van der Waals surface area contributed by atoms with E-state index in [0.717, 1.165) is 81.6 Å². The van der Waals surface area contributed by atoms with E-state index in [9.17, 15) is 0 Å². The SMILES string of the molecule is ClCCC(c1nc2ccccc2s1)C1(Cc2nc3ccccc3s2)c2ccccc2-c2ccccc21.c1ccc2c(c1)-c1ccccc1C2(Cc1nc2ccccc2s1)Cc1nc2ccccc2s1.c1ccc2c(c1)-c1ccccc1C21C(c2nc3ccccc3s2)CCC1c1nc2ccccc2s1. The second kappa shape index (κ2) is 26.1. The number of alkyl halides is 1. The summed E-state index contributed by atoms with van der Waals surface area (Å²) in [4.78, 5) is 30.9. The van der Waals surface area contributed by atoms with Gasteiger partial charge >= 0.3 is 0 Å². The second-order valence-corrected chi connectivity index (χ2v) is 34.6. The lowest BCUT2D eigenvalue weighted by Gasteiger charge is -2.38. The summed E-state index contributed by atoms with van der Waals surface area (Å²) >= 11 is 17.6. The zero-order valence-electron chi connectivity index (χ0n) is 56.4. The lowest BCUT2D eigenvalue weighted by molar-refractivity contribution is 0.404. The van der Waals surface area contributed by atoms with Crippen molar-refractivity contribution >= 4 is 141 Å². The van der Waals surface area contributed by atoms with Crippen LogP contribution in [0.15, 0.2) is 291 Å². The Morgan fingerprint density at radius 1 is 0.298 bits per heavy atom. The van der Waals surface area contributed by atoms with Crippen molar-refractivity contribution in [2.75, 3.05) is 5.88 Å². The van der Waals surface area contributed by atoms with E-state index in [-0.39, 0.29) is 22.2 Å². The maximum atomic E-state index is 6.57. The summed E-state index contributed by atoms with van der Waals surface area (Å²) in [5, 5.41) is 7.21. The molecule has 12 aromatic carbocycles. The van der Waals surface area contributed by atoms with Crippen molar-refractivity contribution in [1.82, 2.24) is 29.9 Å². The Balaban J connectivity index is 0.000000104. The topological polar surface area (TPSA) is 77.3 Å². The largest absolute Gasteiger partial charge is 0.241 e. The molecule has 0 N–H and O–H groups in total. The van der Waals surface area contributed by atoms with Crippen LogP contribution >= 0.6 is 79.6 Å². The van der Waals surface area contributed by atoms with E-state index in [1.165, 1.54) is 115 Å². The van der Waals surface area contributed by atoms with Crippen LogP contribution in [0.2, 0.25) is 0 Å². The van der Waals surface area contributed by atoms with Crippen molar-refractivity contribution in [3.63, 3.8) is 0 Å². The highest BCUT2D eigenvalue weighted by Crippen LogP contribution is 2.69. The van der Waals surface area contributed by atoms with Gasteiger partial charge in [-0.3, -0.25) is 0 Å². The number of hydrogen-bond acceptors (Lipinski definition) is 12. The van der Waals surface area contributed by atoms with Crippen LogP contribution in [0.3, 0.4) is 0 Å². The van der Waals surface area contributed by atoms with Gasteiger partial charge < -0.3 is 0 Å². The molecule has 3 atom stereocenters. The number of nitrogens with zero attached hydrogens (tertiary/aromatic N) is 6. The summed E-state index contributed by atoms with van der Waals surface area (Å²) in [6.45, 7) is 0.